The molecule has 0 amide bonds. The number of aromatic nitrogens is 1. The smallest absolute Gasteiger partial charge is 0.139 e. The summed E-state index contributed by atoms with van der Waals surface area (Å²) in [5, 5.41) is 6.92. The molecule has 0 aliphatic heterocycles. The highest BCUT2D eigenvalue weighted by Crippen LogP contribution is 2.40. The van der Waals surface area contributed by atoms with E-state index < -0.39 is 0 Å². The van der Waals surface area contributed by atoms with E-state index in [9.17, 15) is 0 Å². The van der Waals surface area contributed by atoms with Crippen LogP contribution < -0.4 is 0 Å². The van der Waals surface area contributed by atoms with Gasteiger partial charge in [0.2, 0.25) is 0 Å². The van der Waals surface area contributed by atoms with Crippen LogP contribution in [-0.4, -0.2) is 4.57 Å². The first-order valence-electron chi connectivity index (χ1n) is 15.7. The predicted octanol–water partition coefficient (Wildman–Crippen LogP) is 12.2. The molecule has 3 nitrogen and oxygen atoms in total. The molecule has 0 spiro atoms. The molecule has 0 aliphatic rings. The number of benzene rings is 7. The second kappa shape index (κ2) is 9.47. The van der Waals surface area contributed by atoms with Crippen molar-refractivity contribution in [3.05, 3.63) is 151 Å². The molecular formula is C43H27NO2. The average Bonchev–Trinajstić information content (AvgIpc) is 3.75. The summed E-state index contributed by atoms with van der Waals surface area (Å²) in [6.07, 6.45) is 0. The lowest BCUT2D eigenvalue weighted by Gasteiger charge is -2.08. The Morgan fingerprint density at radius 3 is 1.52 bits per heavy atom. The van der Waals surface area contributed by atoms with Crippen molar-refractivity contribution in [1.82, 2.24) is 4.57 Å². The quantitative estimate of drug-likeness (QED) is 0.205. The van der Waals surface area contributed by atoms with E-state index in [1.807, 2.05) is 6.07 Å². The number of rotatable bonds is 3. The maximum atomic E-state index is 6.34. The van der Waals surface area contributed by atoms with Crippen molar-refractivity contribution in [2.75, 3.05) is 0 Å². The van der Waals surface area contributed by atoms with Gasteiger partial charge in [-0.25, -0.2) is 0 Å². The Balaban J connectivity index is 1.19. The van der Waals surface area contributed by atoms with Crippen LogP contribution in [0.1, 0.15) is 5.56 Å². The van der Waals surface area contributed by atoms with Gasteiger partial charge in [-0.3, -0.25) is 0 Å². The minimum Gasteiger partial charge on any atom is -0.456 e. The van der Waals surface area contributed by atoms with Gasteiger partial charge in [0.05, 0.1) is 11.0 Å². The van der Waals surface area contributed by atoms with Crippen LogP contribution in [0.3, 0.4) is 0 Å². The maximum absolute atomic E-state index is 6.34. The largest absolute Gasteiger partial charge is 0.456 e. The number of hydrogen-bond donors (Lipinski definition) is 0. The zero-order chi connectivity index (χ0) is 30.4. The van der Waals surface area contributed by atoms with Crippen LogP contribution in [0.25, 0.3) is 93.6 Å². The summed E-state index contributed by atoms with van der Waals surface area (Å²) in [7, 11) is 0. The molecule has 0 unspecified atom stereocenters. The summed E-state index contributed by atoms with van der Waals surface area (Å²) in [5.41, 5.74) is 13.0. The van der Waals surface area contributed by atoms with Crippen LogP contribution in [0.4, 0.5) is 0 Å². The lowest BCUT2D eigenvalue weighted by atomic mass is 9.99. The molecule has 0 atom stereocenters. The lowest BCUT2D eigenvalue weighted by Crippen LogP contribution is -1.93. The van der Waals surface area contributed by atoms with Gasteiger partial charge in [-0.05, 0) is 95.9 Å². The van der Waals surface area contributed by atoms with Crippen molar-refractivity contribution in [3.63, 3.8) is 0 Å². The normalized spacial score (nSPS) is 12.0. The number of para-hydroxylation sites is 1. The zero-order valence-corrected chi connectivity index (χ0v) is 25.1. The van der Waals surface area contributed by atoms with Crippen molar-refractivity contribution in [1.29, 1.82) is 0 Å². The Morgan fingerprint density at radius 1 is 0.370 bits per heavy atom. The maximum Gasteiger partial charge on any atom is 0.139 e. The summed E-state index contributed by atoms with van der Waals surface area (Å²) >= 11 is 0. The van der Waals surface area contributed by atoms with E-state index in [1.165, 1.54) is 44.1 Å². The van der Waals surface area contributed by atoms with Crippen molar-refractivity contribution in [2.24, 2.45) is 0 Å². The third-order valence-corrected chi connectivity index (χ3v) is 9.44. The molecule has 3 heterocycles. The number of fused-ring (bicyclic) bond motifs is 9. The molecule has 3 aromatic heterocycles. The van der Waals surface area contributed by atoms with Crippen LogP contribution in [0.5, 0.6) is 0 Å². The van der Waals surface area contributed by atoms with Gasteiger partial charge in [-0.15, -0.1) is 0 Å². The van der Waals surface area contributed by atoms with Gasteiger partial charge in [0.25, 0.3) is 0 Å². The average molecular weight is 590 g/mol. The van der Waals surface area contributed by atoms with Crippen molar-refractivity contribution in [3.8, 4) is 27.9 Å². The van der Waals surface area contributed by atoms with Gasteiger partial charge in [-0.1, -0.05) is 78.4 Å². The molecule has 0 fully saturated rings. The third kappa shape index (κ3) is 3.72. The molecule has 10 rings (SSSR count). The molecular weight excluding hydrogens is 562 g/mol. The summed E-state index contributed by atoms with van der Waals surface area (Å²) < 4.78 is 14.9. The number of furan rings is 2. The summed E-state index contributed by atoms with van der Waals surface area (Å²) in [6.45, 7) is 2.12. The third-order valence-electron chi connectivity index (χ3n) is 9.44. The van der Waals surface area contributed by atoms with Gasteiger partial charge in [-0.2, -0.15) is 0 Å². The number of aryl methyl sites for hydroxylation is 1. The van der Waals surface area contributed by atoms with Crippen LogP contribution >= 0.6 is 0 Å². The lowest BCUT2D eigenvalue weighted by molar-refractivity contribution is 0.656. The molecule has 0 radical (unpaired) electrons. The summed E-state index contributed by atoms with van der Waals surface area (Å²) in [6, 6.07) is 52.1. The fourth-order valence-electron chi connectivity index (χ4n) is 7.21. The van der Waals surface area contributed by atoms with Gasteiger partial charge >= 0.3 is 0 Å². The highest BCUT2D eigenvalue weighted by molar-refractivity contribution is 6.16. The number of hydrogen-bond acceptors (Lipinski definition) is 2. The molecule has 3 heteroatoms. The van der Waals surface area contributed by atoms with Crippen molar-refractivity contribution >= 4 is 65.7 Å². The highest BCUT2D eigenvalue weighted by Gasteiger charge is 2.17. The molecule has 216 valence electrons. The second-order valence-corrected chi connectivity index (χ2v) is 12.3. The van der Waals surface area contributed by atoms with E-state index >= 15 is 0 Å². The van der Waals surface area contributed by atoms with E-state index in [1.54, 1.807) is 0 Å². The van der Waals surface area contributed by atoms with Crippen LogP contribution in [0.15, 0.2) is 154 Å². The highest BCUT2D eigenvalue weighted by atomic mass is 16.3. The van der Waals surface area contributed by atoms with Crippen LogP contribution in [0.2, 0.25) is 0 Å². The van der Waals surface area contributed by atoms with Gasteiger partial charge in [0.15, 0.2) is 0 Å². The molecule has 0 bridgehead atoms. The molecule has 0 N–H and O–H groups in total. The summed E-state index contributed by atoms with van der Waals surface area (Å²) in [5.74, 6) is 0. The van der Waals surface area contributed by atoms with E-state index in [4.69, 9.17) is 8.83 Å². The fourth-order valence-corrected chi connectivity index (χ4v) is 7.21. The second-order valence-electron chi connectivity index (χ2n) is 12.3. The Morgan fingerprint density at radius 2 is 0.870 bits per heavy atom. The standard InChI is InChI=1S/C43H27NO2/c1-26-12-18-40-34(20-26)36-24-37-35-23-30(15-19-41(35)46-43(37)25-42(36)45-40)29-14-17-39-33(22-29)32-21-28(27-8-4-2-5-9-27)13-16-38(32)44(39)31-10-6-3-7-11-31/h2-25H,1H3. The predicted molar refractivity (Wildman–Crippen MR) is 191 cm³/mol. The molecule has 0 aliphatic carbocycles. The Hall–Kier alpha value is -6.06. The zero-order valence-electron chi connectivity index (χ0n) is 25.1. The van der Waals surface area contributed by atoms with E-state index in [-0.39, 0.29) is 0 Å². The summed E-state index contributed by atoms with van der Waals surface area (Å²) in [4.78, 5) is 0. The Labute approximate surface area is 264 Å². The van der Waals surface area contributed by atoms with Gasteiger partial charge < -0.3 is 13.4 Å². The Bertz CT molecular complexity index is 2800. The van der Waals surface area contributed by atoms with Gasteiger partial charge in [0.1, 0.15) is 22.3 Å². The first-order chi connectivity index (χ1) is 22.7. The van der Waals surface area contributed by atoms with Crippen molar-refractivity contribution < 1.29 is 8.83 Å². The molecule has 0 saturated carbocycles. The SMILES string of the molecule is Cc1ccc2oc3cc4oc5ccc(-c6ccc7c(c6)c6cc(-c8ccccc8)ccc6n7-c6ccccc6)cc5c4cc3c2c1. The van der Waals surface area contributed by atoms with E-state index in [0.29, 0.717) is 0 Å². The number of nitrogens with zero attached hydrogens (tertiary/aromatic N) is 1. The minimum absolute atomic E-state index is 0.838. The first kappa shape index (κ1) is 25.3. The minimum atomic E-state index is 0.838. The topological polar surface area (TPSA) is 31.2 Å². The van der Waals surface area contributed by atoms with Gasteiger partial charge in [0, 0.05) is 44.1 Å². The van der Waals surface area contributed by atoms with Crippen LogP contribution in [0, 0.1) is 6.92 Å². The van der Waals surface area contributed by atoms with E-state index in [0.717, 1.165) is 55.1 Å². The Kier molecular flexibility index (Phi) is 5.20. The molecule has 7 aromatic carbocycles. The monoisotopic (exact) mass is 589 g/mol. The first-order valence-corrected chi connectivity index (χ1v) is 15.7. The van der Waals surface area contributed by atoms with Crippen LogP contribution in [-0.2, 0) is 0 Å². The molecule has 0 saturated heterocycles. The van der Waals surface area contributed by atoms with Crippen molar-refractivity contribution in [2.45, 2.75) is 6.92 Å². The molecule has 10 aromatic rings. The molecule has 46 heavy (non-hydrogen) atoms. The fraction of sp³-hybridized carbons (Fsp3) is 0.0233. The van der Waals surface area contributed by atoms with E-state index in [2.05, 4.69) is 151 Å².